The Bertz CT molecular complexity index is 1080. The lowest BCUT2D eigenvalue weighted by Gasteiger charge is -2.18. The smallest absolute Gasteiger partial charge is 0.306 e. The van der Waals surface area contributed by atoms with Gasteiger partial charge in [-0.15, -0.1) is 0 Å². The average Bonchev–Trinajstić information content (AvgIpc) is 3.33. The predicted octanol–water partition coefficient (Wildman–Crippen LogP) is 19.9. The molecule has 0 heterocycles. The monoisotopic (exact) mass is 943 g/mol. The van der Waals surface area contributed by atoms with Crippen molar-refractivity contribution in [3.8, 4) is 0 Å². The van der Waals surface area contributed by atoms with E-state index in [-0.39, 0.29) is 31.1 Å². The number of allylic oxidation sites excluding steroid dienone is 4. The van der Waals surface area contributed by atoms with Crippen LogP contribution in [0.2, 0.25) is 0 Å². The summed E-state index contributed by atoms with van der Waals surface area (Å²) in [6, 6.07) is 0. The summed E-state index contributed by atoms with van der Waals surface area (Å²) in [5, 5.41) is 0. The van der Waals surface area contributed by atoms with E-state index < -0.39 is 6.10 Å². The Morgan fingerprint density at radius 1 is 0.284 bits per heavy atom. The first-order chi connectivity index (χ1) is 33.0. The fourth-order valence-electron chi connectivity index (χ4n) is 8.91. The molecule has 394 valence electrons. The van der Waals surface area contributed by atoms with Crippen LogP contribution in [0.5, 0.6) is 0 Å². The highest BCUT2D eigenvalue weighted by atomic mass is 16.6. The molecule has 0 saturated heterocycles. The van der Waals surface area contributed by atoms with Crippen LogP contribution in [-0.2, 0) is 28.6 Å². The van der Waals surface area contributed by atoms with Gasteiger partial charge < -0.3 is 14.2 Å². The molecule has 1 unspecified atom stereocenters. The van der Waals surface area contributed by atoms with E-state index in [0.29, 0.717) is 19.3 Å². The van der Waals surface area contributed by atoms with E-state index in [1.807, 2.05) is 0 Å². The summed E-state index contributed by atoms with van der Waals surface area (Å²) >= 11 is 0. The summed E-state index contributed by atoms with van der Waals surface area (Å²) < 4.78 is 16.8. The van der Waals surface area contributed by atoms with Crippen molar-refractivity contribution >= 4 is 17.9 Å². The Labute approximate surface area is 417 Å². The summed E-state index contributed by atoms with van der Waals surface area (Å²) in [5.41, 5.74) is 0. The molecule has 0 aliphatic rings. The van der Waals surface area contributed by atoms with Crippen molar-refractivity contribution in [1.29, 1.82) is 0 Å². The minimum Gasteiger partial charge on any atom is -0.462 e. The van der Waals surface area contributed by atoms with Crippen LogP contribution in [0.4, 0.5) is 0 Å². The zero-order valence-corrected chi connectivity index (χ0v) is 45.2. The third-order valence-corrected chi connectivity index (χ3v) is 13.4. The van der Waals surface area contributed by atoms with Gasteiger partial charge in [0.2, 0.25) is 0 Å². The number of carbonyl (C=O) groups is 3. The molecule has 0 N–H and O–H groups in total. The highest BCUT2D eigenvalue weighted by molar-refractivity contribution is 5.71. The number of hydrogen-bond acceptors (Lipinski definition) is 6. The Kier molecular flexibility index (Phi) is 54.7. The van der Waals surface area contributed by atoms with Gasteiger partial charge in [-0.3, -0.25) is 14.4 Å². The van der Waals surface area contributed by atoms with Gasteiger partial charge >= 0.3 is 17.9 Å². The van der Waals surface area contributed by atoms with Crippen molar-refractivity contribution in [1.82, 2.24) is 0 Å². The SMILES string of the molecule is CCCCCCCCC/C=C\CCCCCCCC(=O)OC(COC(=O)CCCCCCCCCC)COC(=O)CCCCCCCCCCCCCCC/C=C\CCCCCCCCCC. The molecule has 1 atom stereocenters. The number of hydrogen-bond donors (Lipinski definition) is 0. The van der Waals surface area contributed by atoms with E-state index in [9.17, 15) is 14.4 Å². The molecule has 0 aliphatic heterocycles. The Balaban J connectivity index is 4.13. The molecule has 0 aromatic rings. The molecule has 0 aromatic carbocycles. The first-order valence-corrected chi connectivity index (χ1v) is 29.8. The maximum atomic E-state index is 12.8. The number of ether oxygens (including phenoxy) is 3. The van der Waals surface area contributed by atoms with Crippen LogP contribution in [0.25, 0.3) is 0 Å². The van der Waals surface area contributed by atoms with Gasteiger partial charge in [0, 0.05) is 19.3 Å². The fourth-order valence-corrected chi connectivity index (χ4v) is 8.91. The second-order valence-corrected chi connectivity index (χ2v) is 20.3. The van der Waals surface area contributed by atoms with Gasteiger partial charge in [0.1, 0.15) is 13.2 Å². The first kappa shape index (κ1) is 64.9. The lowest BCUT2D eigenvalue weighted by molar-refractivity contribution is -0.167. The van der Waals surface area contributed by atoms with E-state index in [1.54, 1.807) is 0 Å². The maximum Gasteiger partial charge on any atom is 0.306 e. The molecule has 0 aliphatic carbocycles. The molecule has 0 rings (SSSR count). The minimum atomic E-state index is -0.770. The van der Waals surface area contributed by atoms with Gasteiger partial charge in [-0.1, -0.05) is 263 Å². The summed E-state index contributed by atoms with van der Waals surface area (Å²) in [5.74, 6) is -0.865. The van der Waals surface area contributed by atoms with Gasteiger partial charge in [0.15, 0.2) is 6.10 Å². The first-order valence-electron chi connectivity index (χ1n) is 29.8. The quantitative estimate of drug-likeness (QED) is 0.0262. The Morgan fingerprint density at radius 3 is 0.746 bits per heavy atom. The number of rotatable bonds is 55. The third kappa shape index (κ3) is 54.7. The summed E-state index contributed by atoms with van der Waals surface area (Å²) in [6.45, 7) is 6.64. The van der Waals surface area contributed by atoms with E-state index in [0.717, 1.165) is 64.2 Å². The molecule has 0 amide bonds. The van der Waals surface area contributed by atoms with Gasteiger partial charge in [0.05, 0.1) is 0 Å². The highest BCUT2D eigenvalue weighted by Gasteiger charge is 2.19. The largest absolute Gasteiger partial charge is 0.462 e. The van der Waals surface area contributed by atoms with Crippen molar-refractivity contribution in [3.63, 3.8) is 0 Å². The van der Waals surface area contributed by atoms with Crippen LogP contribution < -0.4 is 0 Å². The van der Waals surface area contributed by atoms with Gasteiger partial charge in [-0.05, 0) is 70.6 Å². The Hall–Kier alpha value is -2.11. The molecule has 0 fully saturated rings. The van der Waals surface area contributed by atoms with Crippen LogP contribution in [0, 0.1) is 0 Å². The minimum absolute atomic E-state index is 0.0706. The topological polar surface area (TPSA) is 78.9 Å². The molecule has 0 aromatic heterocycles. The fraction of sp³-hybridized carbons (Fsp3) is 0.885. The summed E-state index contributed by atoms with van der Waals surface area (Å²) in [4.78, 5) is 38.0. The maximum absolute atomic E-state index is 12.8. The molecule has 6 nitrogen and oxygen atoms in total. The molecule has 0 radical (unpaired) electrons. The average molecular weight is 944 g/mol. The van der Waals surface area contributed by atoms with Crippen molar-refractivity contribution in [2.45, 2.75) is 335 Å². The third-order valence-electron chi connectivity index (χ3n) is 13.4. The zero-order chi connectivity index (χ0) is 48.6. The summed E-state index contributed by atoms with van der Waals surface area (Å²) in [7, 11) is 0. The molecule has 67 heavy (non-hydrogen) atoms. The normalized spacial score (nSPS) is 12.1. The van der Waals surface area contributed by atoms with Crippen molar-refractivity contribution in [3.05, 3.63) is 24.3 Å². The van der Waals surface area contributed by atoms with Gasteiger partial charge in [-0.2, -0.15) is 0 Å². The zero-order valence-electron chi connectivity index (χ0n) is 45.2. The highest BCUT2D eigenvalue weighted by Crippen LogP contribution is 2.17. The van der Waals surface area contributed by atoms with Crippen LogP contribution >= 0.6 is 0 Å². The second-order valence-electron chi connectivity index (χ2n) is 20.3. The lowest BCUT2D eigenvalue weighted by Crippen LogP contribution is -2.30. The van der Waals surface area contributed by atoms with Crippen LogP contribution in [0.15, 0.2) is 24.3 Å². The lowest BCUT2D eigenvalue weighted by atomic mass is 10.0. The molecule has 0 bridgehead atoms. The summed E-state index contributed by atoms with van der Waals surface area (Å²) in [6.07, 6.45) is 66.2. The molecule has 0 spiro atoms. The standard InChI is InChI=1S/C61H114O6/c1-4-7-10-13-16-19-21-23-25-27-28-29-30-31-32-33-34-35-37-38-40-42-45-48-51-54-60(63)66-57-58(56-65-59(62)53-50-47-44-18-15-12-9-6-3)67-61(64)55-52-49-46-43-41-39-36-26-24-22-20-17-14-11-8-5-2/h26-28,36,58H,4-25,29-35,37-57H2,1-3H3/b28-27-,36-26-. The van der Waals surface area contributed by atoms with Crippen LogP contribution in [-0.4, -0.2) is 37.2 Å². The Morgan fingerprint density at radius 2 is 0.493 bits per heavy atom. The number of esters is 3. The van der Waals surface area contributed by atoms with Crippen molar-refractivity contribution in [2.75, 3.05) is 13.2 Å². The molecule has 6 heteroatoms. The number of carbonyl (C=O) groups excluding carboxylic acids is 3. The van der Waals surface area contributed by atoms with Crippen LogP contribution in [0.1, 0.15) is 329 Å². The number of unbranched alkanes of at least 4 members (excludes halogenated alkanes) is 40. The van der Waals surface area contributed by atoms with E-state index in [2.05, 4.69) is 45.1 Å². The van der Waals surface area contributed by atoms with E-state index in [4.69, 9.17) is 14.2 Å². The van der Waals surface area contributed by atoms with Gasteiger partial charge in [0.25, 0.3) is 0 Å². The van der Waals surface area contributed by atoms with E-state index in [1.165, 1.54) is 225 Å². The second kappa shape index (κ2) is 56.5. The van der Waals surface area contributed by atoms with Gasteiger partial charge in [-0.25, -0.2) is 0 Å². The van der Waals surface area contributed by atoms with Crippen molar-refractivity contribution in [2.24, 2.45) is 0 Å². The predicted molar refractivity (Wildman–Crippen MR) is 289 cm³/mol. The van der Waals surface area contributed by atoms with Crippen LogP contribution in [0.3, 0.4) is 0 Å². The molecule has 0 saturated carbocycles. The molecular weight excluding hydrogens is 829 g/mol. The van der Waals surface area contributed by atoms with Crippen molar-refractivity contribution < 1.29 is 28.6 Å². The molecular formula is C61H114O6. The van der Waals surface area contributed by atoms with E-state index >= 15 is 0 Å².